The van der Waals surface area contributed by atoms with E-state index in [4.69, 9.17) is 8.83 Å². The predicted octanol–water partition coefficient (Wildman–Crippen LogP) is 11.1. The molecule has 0 N–H and O–H groups in total. The van der Waals surface area contributed by atoms with E-state index in [9.17, 15) is 0 Å². The molecule has 238 valence electrons. The van der Waals surface area contributed by atoms with Crippen LogP contribution in [0.1, 0.15) is 11.1 Å². The number of furan rings is 2. The molecule has 9 aromatic rings. The van der Waals surface area contributed by atoms with Crippen molar-refractivity contribution in [2.75, 3.05) is 0 Å². The molecule has 6 heteroatoms. The second kappa shape index (κ2) is 9.87. The molecule has 4 nitrogen and oxygen atoms in total. The number of aryl methyl sites for hydroxylation is 2. The van der Waals surface area contributed by atoms with Gasteiger partial charge in [-0.05, 0) is 74.5 Å². The lowest BCUT2D eigenvalue weighted by Crippen LogP contribution is -2.37. The van der Waals surface area contributed by atoms with Crippen LogP contribution >= 0.6 is 0 Å². The van der Waals surface area contributed by atoms with Crippen molar-refractivity contribution in [1.82, 2.24) is 9.13 Å². The first-order valence-electron chi connectivity index (χ1n) is 16.9. The molecule has 0 bridgehead atoms. The Hall–Kier alpha value is -4.79. The van der Waals surface area contributed by atoms with Crippen molar-refractivity contribution in [3.05, 3.63) is 108 Å². The molecule has 0 aliphatic carbocycles. The molecule has 0 radical (unpaired) electrons. The second-order valence-corrected chi connectivity index (χ2v) is 25.9. The Morgan fingerprint density at radius 1 is 0.438 bits per heavy atom. The van der Waals surface area contributed by atoms with Crippen molar-refractivity contribution < 1.29 is 8.83 Å². The molecule has 0 amide bonds. The largest absolute Gasteiger partial charge is 0.454 e. The maximum absolute atomic E-state index is 6.89. The molecule has 0 saturated heterocycles. The number of hydrogen-bond acceptors (Lipinski definition) is 2. The lowest BCUT2D eigenvalue weighted by atomic mass is 10.1. The van der Waals surface area contributed by atoms with Gasteiger partial charge in [-0.3, -0.25) is 0 Å². The maximum Gasteiger partial charge on any atom is 0.161 e. The van der Waals surface area contributed by atoms with E-state index in [-0.39, 0.29) is 0 Å². The fraction of sp³-hybridized carbons (Fsp3) is 0.190. The topological polar surface area (TPSA) is 36.1 Å². The fourth-order valence-corrected chi connectivity index (χ4v) is 9.69. The van der Waals surface area contributed by atoms with E-state index in [2.05, 4.69) is 159 Å². The van der Waals surface area contributed by atoms with E-state index in [1.54, 1.807) is 0 Å². The van der Waals surface area contributed by atoms with Crippen LogP contribution in [0.15, 0.2) is 106 Å². The Balaban J connectivity index is 1.39. The van der Waals surface area contributed by atoms with E-state index in [0.717, 1.165) is 66.3 Å². The number of benzene rings is 5. The summed E-state index contributed by atoms with van der Waals surface area (Å²) in [6, 6.07) is 36.0. The first-order chi connectivity index (χ1) is 22.9. The Morgan fingerprint density at radius 2 is 0.812 bits per heavy atom. The summed E-state index contributed by atoms with van der Waals surface area (Å²) < 4.78 is 18.6. The van der Waals surface area contributed by atoms with Gasteiger partial charge in [-0.1, -0.05) is 97.2 Å². The highest BCUT2D eigenvalue weighted by Gasteiger charge is 2.27. The minimum absolute atomic E-state index is 0.871. The highest BCUT2D eigenvalue weighted by molar-refractivity contribution is 6.89. The van der Waals surface area contributed by atoms with Crippen LogP contribution in [0.25, 0.3) is 77.3 Å². The van der Waals surface area contributed by atoms with Gasteiger partial charge >= 0.3 is 0 Å². The van der Waals surface area contributed by atoms with Crippen LogP contribution in [-0.4, -0.2) is 25.3 Å². The zero-order chi connectivity index (χ0) is 33.3. The van der Waals surface area contributed by atoms with Crippen LogP contribution in [0, 0.1) is 13.8 Å². The van der Waals surface area contributed by atoms with Gasteiger partial charge in [0.1, 0.15) is 22.2 Å². The van der Waals surface area contributed by atoms with Crippen LogP contribution in [0.4, 0.5) is 0 Å². The molecule has 0 atom stereocenters. The number of rotatable bonds is 4. The van der Waals surface area contributed by atoms with E-state index in [1.807, 2.05) is 0 Å². The zero-order valence-corrected chi connectivity index (χ0v) is 30.9. The van der Waals surface area contributed by atoms with E-state index >= 15 is 0 Å². The van der Waals surface area contributed by atoms with Gasteiger partial charge in [-0.2, -0.15) is 0 Å². The lowest BCUT2D eigenvalue weighted by molar-refractivity contribution is 0.668. The van der Waals surface area contributed by atoms with E-state index < -0.39 is 16.1 Å². The van der Waals surface area contributed by atoms with Gasteiger partial charge in [0.15, 0.2) is 11.2 Å². The summed E-state index contributed by atoms with van der Waals surface area (Å²) in [7, 11) is -3.09. The average Bonchev–Trinajstić information content (AvgIpc) is 3.76. The minimum Gasteiger partial charge on any atom is -0.454 e. The summed E-state index contributed by atoms with van der Waals surface area (Å²) in [4.78, 5) is 0. The molecular formula is C42H40N2O2Si2. The summed E-state index contributed by atoms with van der Waals surface area (Å²) in [6.45, 7) is 18.7. The second-order valence-electron chi connectivity index (χ2n) is 15.7. The number of hydrogen-bond donors (Lipinski definition) is 0. The van der Waals surface area contributed by atoms with Gasteiger partial charge in [0, 0.05) is 32.9 Å². The first kappa shape index (κ1) is 29.4. The van der Waals surface area contributed by atoms with Gasteiger partial charge in [-0.15, -0.1) is 0 Å². The molecule has 48 heavy (non-hydrogen) atoms. The maximum atomic E-state index is 6.89. The summed E-state index contributed by atoms with van der Waals surface area (Å²) in [5.74, 6) is 0. The highest BCUT2D eigenvalue weighted by Crippen LogP contribution is 2.44. The van der Waals surface area contributed by atoms with Gasteiger partial charge < -0.3 is 18.0 Å². The molecule has 5 aromatic carbocycles. The molecule has 4 aromatic heterocycles. The van der Waals surface area contributed by atoms with E-state index in [1.165, 1.54) is 32.5 Å². The lowest BCUT2D eigenvalue weighted by Gasteiger charge is -2.17. The number of nitrogens with zero attached hydrogens (tertiary/aromatic N) is 2. The Bertz CT molecular complexity index is 2550. The summed E-state index contributed by atoms with van der Waals surface area (Å²) in [6.07, 6.45) is 0. The van der Waals surface area contributed by atoms with Crippen LogP contribution in [0.5, 0.6) is 0 Å². The Kier molecular flexibility index (Phi) is 6.04. The Labute approximate surface area is 282 Å². The Morgan fingerprint density at radius 3 is 1.17 bits per heavy atom. The molecular weight excluding hydrogens is 621 g/mol. The highest BCUT2D eigenvalue weighted by atomic mass is 28.3. The summed E-state index contributed by atoms with van der Waals surface area (Å²) in [5, 5.41) is 7.27. The smallest absolute Gasteiger partial charge is 0.161 e. The zero-order valence-electron chi connectivity index (χ0n) is 28.9. The van der Waals surface area contributed by atoms with Crippen molar-refractivity contribution in [2.24, 2.45) is 0 Å². The van der Waals surface area contributed by atoms with Gasteiger partial charge in [0.05, 0.1) is 27.2 Å². The van der Waals surface area contributed by atoms with Gasteiger partial charge in [0.2, 0.25) is 0 Å². The quantitative estimate of drug-likeness (QED) is 0.176. The third kappa shape index (κ3) is 4.25. The first-order valence-corrected chi connectivity index (χ1v) is 23.9. The molecule has 0 aliphatic rings. The standard InChI is InChI=1S/C42H40N2O2Si2/c1-25-9-13-27(14-10-25)43-35-21-29(47(3,4)5)17-19-31(35)41-39(43)33-23-38-34(24-37(33)45-41)40-42(46-38)32-20-18-30(48(6,7)8)22-36(32)44(40)28-15-11-26(2)12-16-28/h9-24H,1-8H3. The van der Waals surface area contributed by atoms with Gasteiger partial charge in [-0.25, -0.2) is 0 Å². The van der Waals surface area contributed by atoms with Crippen LogP contribution < -0.4 is 10.4 Å². The molecule has 4 heterocycles. The molecule has 0 spiro atoms. The van der Waals surface area contributed by atoms with Crippen molar-refractivity contribution >= 4 is 92.5 Å². The van der Waals surface area contributed by atoms with E-state index in [0.29, 0.717) is 0 Å². The minimum atomic E-state index is -1.55. The molecule has 0 fully saturated rings. The number of aromatic nitrogens is 2. The predicted molar refractivity (Wildman–Crippen MR) is 210 cm³/mol. The molecule has 0 aliphatic heterocycles. The van der Waals surface area contributed by atoms with Crippen LogP contribution in [0.2, 0.25) is 39.3 Å². The summed E-state index contributed by atoms with van der Waals surface area (Å²) in [5.41, 5.74) is 12.9. The van der Waals surface area contributed by atoms with Crippen LogP contribution in [-0.2, 0) is 0 Å². The van der Waals surface area contributed by atoms with Crippen molar-refractivity contribution in [3.63, 3.8) is 0 Å². The third-order valence-electron chi connectivity index (χ3n) is 10.2. The van der Waals surface area contributed by atoms with Crippen LogP contribution in [0.3, 0.4) is 0 Å². The molecule has 9 rings (SSSR count). The van der Waals surface area contributed by atoms with Crippen molar-refractivity contribution in [1.29, 1.82) is 0 Å². The molecule has 0 saturated carbocycles. The fourth-order valence-electron chi connectivity index (χ4n) is 7.38. The normalized spacial score (nSPS) is 13.0. The summed E-state index contributed by atoms with van der Waals surface area (Å²) >= 11 is 0. The molecule has 0 unspecified atom stereocenters. The average molecular weight is 661 g/mol. The van der Waals surface area contributed by atoms with Crippen molar-refractivity contribution in [2.45, 2.75) is 53.1 Å². The third-order valence-corrected chi connectivity index (χ3v) is 14.3. The van der Waals surface area contributed by atoms with Crippen molar-refractivity contribution in [3.8, 4) is 11.4 Å². The van der Waals surface area contributed by atoms with Gasteiger partial charge in [0.25, 0.3) is 0 Å². The number of fused-ring (bicyclic) bond motifs is 10. The monoisotopic (exact) mass is 660 g/mol. The SMILES string of the molecule is Cc1ccc(-n2c3cc([Si](C)(C)C)ccc3c3oc4cc5c(cc4c32)oc2c3ccc([Si](C)(C)C)cc3n(-c3ccc(C)cc3)c52)cc1.